The first-order valence-corrected chi connectivity index (χ1v) is 9.14. The number of hydrogen-bond donors (Lipinski definition) is 1. The summed E-state index contributed by atoms with van der Waals surface area (Å²) in [4.78, 5) is 0. The molecule has 0 aliphatic carbocycles. The Kier molecular flexibility index (Phi) is 3.69. The van der Waals surface area contributed by atoms with Gasteiger partial charge in [0.05, 0.1) is 11.4 Å². The van der Waals surface area contributed by atoms with Gasteiger partial charge in [-0.1, -0.05) is 17.7 Å². The van der Waals surface area contributed by atoms with Crippen LogP contribution in [-0.2, 0) is 6.42 Å². The van der Waals surface area contributed by atoms with Gasteiger partial charge in [-0.05, 0) is 56.2 Å². The van der Waals surface area contributed by atoms with Gasteiger partial charge in [0.25, 0.3) is 0 Å². The molecule has 0 saturated carbocycles. The number of nitrogens with zero attached hydrogens (tertiary/aromatic N) is 2. The average Bonchev–Trinajstić information content (AvgIpc) is 3.10. The van der Waals surface area contributed by atoms with Crippen molar-refractivity contribution >= 4 is 17.2 Å². The number of benzene rings is 1. The van der Waals surface area contributed by atoms with Crippen LogP contribution in [0.1, 0.15) is 29.5 Å². The van der Waals surface area contributed by atoms with Crippen LogP contribution < -0.4 is 5.32 Å². The summed E-state index contributed by atoms with van der Waals surface area (Å²) in [5.41, 5.74) is 7.45. The number of aromatic nitrogens is 2. The van der Waals surface area contributed by atoms with Crippen molar-refractivity contribution in [1.82, 2.24) is 9.78 Å². The molecule has 0 amide bonds. The van der Waals surface area contributed by atoms with Crippen LogP contribution >= 0.6 is 11.3 Å². The van der Waals surface area contributed by atoms with Crippen molar-refractivity contribution in [2.24, 2.45) is 0 Å². The lowest BCUT2D eigenvalue weighted by atomic mass is 10.1. The molecule has 0 unspecified atom stereocenters. The number of fused-ring (bicyclic) bond motifs is 1. The Morgan fingerprint density at radius 1 is 1.17 bits per heavy atom. The van der Waals surface area contributed by atoms with Gasteiger partial charge >= 0.3 is 0 Å². The van der Waals surface area contributed by atoms with Gasteiger partial charge in [-0.2, -0.15) is 16.4 Å². The van der Waals surface area contributed by atoms with Crippen LogP contribution in [0, 0.1) is 13.8 Å². The molecule has 1 aliphatic rings. The number of hydrogen-bond acceptors (Lipinski definition) is 3. The van der Waals surface area contributed by atoms with E-state index in [-0.39, 0.29) is 0 Å². The molecule has 3 aromatic rings. The van der Waals surface area contributed by atoms with Crippen LogP contribution in [0.3, 0.4) is 0 Å². The van der Waals surface area contributed by atoms with E-state index in [2.05, 4.69) is 58.9 Å². The van der Waals surface area contributed by atoms with E-state index in [1.807, 2.05) is 0 Å². The second kappa shape index (κ2) is 5.85. The second-order valence-corrected chi connectivity index (χ2v) is 7.05. The number of thiophene rings is 1. The van der Waals surface area contributed by atoms with E-state index in [4.69, 9.17) is 5.10 Å². The predicted octanol–water partition coefficient (Wildman–Crippen LogP) is 4.97. The maximum Gasteiger partial charge on any atom is 0.133 e. The molecule has 2 aromatic heterocycles. The lowest BCUT2D eigenvalue weighted by molar-refractivity contribution is 0.779. The van der Waals surface area contributed by atoms with Crippen molar-refractivity contribution in [3.05, 3.63) is 51.7 Å². The third kappa shape index (κ3) is 2.57. The van der Waals surface area contributed by atoms with Crippen LogP contribution in [0.5, 0.6) is 0 Å². The summed E-state index contributed by atoms with van der Waals surface area (Å²) in [7, 11) is 0. The van der Waals surface area contributed by atoms with Gasteiger partial charge in [-0.3, -0.25) is 0 Å². The fraction of sp³-hybridized carbons (Fsp3) is 0.316. The largest absolute Gasteiger partial charge is 0.370 e. The van der Waals surface area contributed by atoms with Gasteiger partial charge in [-0.25, -0.2) is 4.68 Å². The molecular formula is C19H21N3S. The minimum absolute atomic E-state index is 1.02. The van der Waals surface area contributed by atoms with E-state index < -0.39 is 0 Å². The van der Waals surface area contributed by atoms with Crippen LogP contribution in [-0.4, -0.2) is 16.3 Å². The zero-order valence-electron chi connectivity index (χ0n) is 13.6. The Balaban J connectivity index is 1.93. The van der Waals surface area contributed by atoms with Crippen molar-refractivity contribution in [1.29, 1.82) is 0 Å². The Morgan fingerprint density at radius 2 is 2.09 bits per heavy atom. The maximum absolute atomic E-state index is 5.00. The highest BCUT2D eigenvalue weighted by Gasteiger charge is 2.22. The number of anilines is 1. The molecule has 4 heteroatoms. The molecule has 4 rings (SSSR count). The van der Waals surface area contributed by atoms with Crippen LogP contribution in [0.2, 0.25) is 0 Å². The molecule has 0 radical (unpaired) electrons. The smallest absolute Gasteiger partial charge is 0.133 e. The fourth-order valence-electron chi connectivity index (χ4n) is 3.35. The molecular weight excluding hydrogens is 302 g/mol. The summed E-state index contributed by atoms with van der Waals surface area (Å²) in [6.07, 6.45) is 3.53. The van der Waals surface area contributed by atoms with Gasteiger partial charge in [0.1, 0.15) is 5.82 Å². The van der Waals surface area contributed by atoms with Gasteiger partial charge in [0.2, 0.25) is 0 Å². The van der Waals surface area contributed by atoms with Gasteiger partial charge in [0.15, 0.2) is 0 Å². The van der Waals surface area contributed by atoms with Gasteiger partial charge < -0.3 is 5.32 Å². The molecule has 0 atom stereocenters. The minimum atomic E-state index is 1.02. The molecule has 0 saturated heterocycles. The van der Waals surface area contributed by atoms with Crippen LogP contribution in [0.4, 0.5) is 5.82 Å². The molecule has 1 N–H and O–H groups in total. The lowest BCUT2D eigenvalue weighted by Gasteiger charge is -2.12. The summed E-state index contributed by atoms with van der Waals surface area (Å²) in [6.45, 7) is 5.32. The highest BCUT2D eigenvalue weighted by Crippen LogP contribution is 2.35. The molecule has 1 aliphatic heterocycles. The topological polar surface area (TPSA) is 29.9 Å². The van der Waals surface area contributed by atoms with Crippen LogP contribution in [0.15, 0.2) is 35.0 Å². The lowest BCUT2D eigenvalue weighted by Crippen LogP contribution is -2.08. The molecule has 118 valence electrons. The van der Waals surface area contributed by atoms with Crippen molar-refractivity contribution in [2.45, 2.75) is 33.1 Å². The van der Waals surface area contributed by atoms with E-state index in [0.717, 1.165) is 18.7 Å². The molecule has 3 heterocycles. The standard InChI is InChI=1S/C19H21N3S/c1-13-6-7-17(14(2)11-13)22-19-16(5-3-4-9-20-19)18(21-22)15-8-10-23-12-15/h6-8,10-12,20H,3-5,9H2,1-2H3. The Morgan fingerprint density at radius 3 is 2.87 bits per heavy atom. The minimum Gasteiger partial charge on any atom is -0.370 e. The summed E-state index contributed by atoms with van der Waals surface area (Å²) in [5, 5.41) is 12.9. The van der Waals surface area contributed by atoms with Gasteiger partial charge in [0, 0.05) is 23.1 Å². The maximum atomic E-state index is 5.00. The highest BCUT2D eigenvalue weighted by atomic mass is 32.1. The fourth-order valence-corrected chi connectivity index (χ4v) is 3.99. The quantitative estimate of drug-likeness (QED) is 0.722. The summed E-state index contributed by atoms with van der Waals surface area (Å²) >= 11 is 1.73. The summed E-state index contributed by atoms with van der Waals surface area (Å²) in [5.74, 6) is 1.18. The van der Waals surface area contributed by atoms with E-state index in [1.165, 1.54) is 46.6 Å². The van der Waals surface area contributed by atoms with Crippen molar-refractivity contribution in [2.75, 3.05) is 11.9 Å². The SMILES string of the molecule is Cc1ccc(-n2nc(-c3ccsc3)c3c2NCCCC3)c(C)c1. The zero-order valence-corrected chi connectivity index (χ0v) is 14.4. The average molecular weight is 323 g/mol. The van der Waals surface area contributed by atoms with Gasteiger partial charge in [-0.15, -0.1) is 0 Å². The Labute approximate surface area is 141 Å². The molecule has 0 spiro atoms. The van der Waals surface area contributed by atoms with Crippen LogP contribution in [0.25, 0.3) is 16.9 Å². The first-order chi connectivity index (χ1) is 11.2. The monoisotopic (exact) mass is 323 g/mol. The Hall–Kier alpha value is -2.07. The first-order valence-electron chi connectivity index (χ1n) is 8.20. The number of rotatable bonds is 2. The molecule has 0 bridgehead atoms. The predicted molar refractivity (Wildman–Crippen MR) is 97.8 cm³/mol. The molecule has 1 aromatic carbocycles. The Bertz CT molecular complexity index is 831. The number of aryl methyl sites for hydroxylation is 2. The zero-order chi connectivity index (χ0) is 15.8. The second-order valence-electron chi connectivity index (χ2n) is 6.27. The summed E-state index contributed by atoms with van der Waals surface area (Å²) in [6, 6.07) is 8.74. The van der Waals surface area contributed by atoms with Crippen molar-refractivity contribution in [3.8, 4) is 16.9 Å². The van der Waals surface area contributed by atoms with Crippen molar-refractivity contribution < 1.29 is 0 Å². The van der Waals surface area contributed by atoms with E-state index in [0.29, 0.717) is 0 Å². The van der Waals surface area contributed by atoms with E-state index in [1.54, 1.807) is 11.3 Å². The van der Waals surface area contributed by atoms with E-state index in [9.17, 15) is 0 Å². The van der Waals surface area contributed by atoms with Crippen molar-refractivity contribution in [3.63, 3.8) is 0 Å². The summed E-state index contributed by atoms with van der Waals surface area (Å²) < 4.78 is 2.11. The molecule has 0 fully saturated rings. The van der Waals surface area contributed by atoms with E-state index >= 15 is 0 Å². The third-order valence-corrected chi connectivity index (χ3v) is 5.19. The first kappa shape index (κ1) is 14.5. The number of nitrogens with one attached hydrogen (secondary N) is 1. The normalized spacial score (nSPS) is 14.2. The molecule has 23 heavy (non-hydrogen) atoms. The molecule has 3 nitrogen and oxygen atoms in total. The third-order valence-electron chi connectivity index (χ3n) is 4.50. The highest BCUT2D eigenvalue weighted by molar-refractivity contribution is 7.08.